The topological polar surface area (TPSA) is 130 Å². The summed E-state index contributed by atoms with van der Waals surface area (Å²) in [6.07, 6.45) is 1.73. The molecule has 8 nitrogen and oxygen atoms in total. The van der Waals surface area contributed by atoms with Crippen LogP contribution in [0.15, 0.2) is 34.1 Å². The van der Waals surface area contributed by atoms with Gasteiger partial charge in [-0.05, 0) is 49.4 Å². The normalized spacial score (nSPS) is 16.8. The Bertz CT molecular complexity index is 827. The summed E-state index contributed by atoms with van der Waals surface area (Å²) in [5.74, 6) is -1.27. The molecule has 1 aliphatic rings. The van der Waals surface area contributed by atoms with Crippen molar-refractivity contribution in [1.82, 2.24) is 9.44 Å². The molecule has 2 rings (SSSR count). The molecular weight excluding hydrogens is 368 g/mol. The van der Waals surface area contributed by atoms with E-state index in [4.69, 9.17) is 5.11 Å². The van der Waals surface area contributed by atoms with E-state index in [0.717, 1.165) is 25.0 Å². The van der Waals surface area contributed by atoms with Gasteiger partial charge in [0.05, 0.1) is 9.79 Å². The molecule has 0 heterocycles. The second-order valence-corrected chi connectivity index (χ2v) is 9.94. The summed E-state index contributed by atoms with van der Waals surface area (Å²) in [5, 5.41) is 9.16. The number of hydrogen-bond donors (Lipinski definition) is 3. The number of sulfonamides is 2. The third-order valence-electron chi connectivity index (χ3n) is 3.65. The maximum atomic E-state index is 12.3. The maximum absolute atomic E-state index is 12.3. The molecule has 140 valence electrons. The van der Waals surface area contributed by atoms with E-state index >= 15 is 0 Å². The number of benzene rings is 1. The fourth-order valence-corrected chi connectivity index (χ4v) is 4.72. The van der Waals surface area contributed by atoms with Crippen molar-refractivity contribution in [2.45, 2.75) is 55.0 Å². The van der Waals surface area contributed by atoms with Gasteiger partial charge in [0.2, 0.25) is 20.0 Å². The molecule has 1 saturated carbocycles. The lowest BCUT2D eigenvalue weighted by molar-refractivity contribution is -0.139. The van der Waals surface area contributed by atoms with Crippen LogP contribution in [0.1, 0.15) is 33.1 Å². The lowest BCUT2D eigenvalue weighted by Gasteiger charge is -2.16. The van der Waals surface area contributed by atoms with Crippen LogP contribution in [0.25, 0.3) is 0 Å². The summed E-state index contributed by atoms with van der Waals surface area (Å²) in [4.78, 5) is 11.0. The van der Waals surface area contributed by atoms with Crippen molar-refractivity contribution >= 4 is 26.0 Å². The molecule has 0 spiro atoms. The number of hydrogen-bond acceptors (Lipinski definition) is 5. The molecule has 0 unspecified atom stereocenters. The molecule has 0 aliphatic heterocycles. The van der Waals surface area contributed by atoms with Crippen LogP contribution in [0.2, 0.25) is 0 Å². The summed E-state index contributed by atoms with van der Waals surface area (Å²) in [5.41, 5.74) is 0. The molecule has 1 fully saturated rings. The van der Waals surface area contributed by atoms with Crippen LogP contribution in [-0.4, -0.2) is 40.0 Å². The van der Waals surface area contributed by atoms with Crippen molar-refractivity contribution in [2.75, 3.05) is 0 Å². The number of aliphatic carboxylic acids is 1. The van der Waals surface area contributed by atoms with Crippen molar-refractivity contribution in [3.8, 4) is 0 Å². The van der Waals surface area contributed by atoms with Crippen LogP contribution in [0.3, 0.4) is 0 Å². The zero-order chi connectivity index (χ0) is 18.8. The van der Waals surface area contributed by atoms with Crippen LogP contribution in [0, 0.1) is 5.92 Å². The van der Waals surface area contributed by atoms with E-state index in [1.165, 1.54) is 12.1 Å². The van der Waals surface area contributed by atoms with E-state index in [1.807, 2.05) is 0 Å². The van der Waals surface area contributed by atoms with Crippen LogP contribution in [0.4, 0.5) is 0 Å². The minimum absolute atomic E-state index is 0.00943. The predicted molar refractivity (Wildman–Crippen MR) is 91.0 cm³/mol. The Morgan fingerprint density at radius 2 is 1.56 bits per heavy atom. The molecule has 0 bridgehead atoms. The SMILES string of the molecule is CC(C)C[C@H](NS(=O)(=O)c1ccc(S(=O)(=O)NC2CC2)cc1)C(=O)O. The van der Waals surface area contributed by atoms with Gasteiger partial charge in [-0.1, -0.05) is 13.8 Å². The van der Waals surface area contributed by atoms with Crippen LogP contribution in [-0.2, 0) is 24.8 Å². The van der Waals surface area contributed by atoms with Gasteiger partial charge in [0.15, 0.2) is 0 Å². The molecule has 1 aliphatic carbocycles. The first-order valence-electron chi connectivity index (χ1n) is 7.89. The lowest BCUT2D eigenvalue weighted by Crippen LogP contribution is -2.41. The van der Waals surface area contributed by atoms with E-state index in [1.54, 1.807) is 13.8 Å². The van der Waals surface area contributed by atoms with E-state index in [9.17, 15) is 21.6 Å². The monoisotopic (exact) mass is 390 g/mol. The summed E-state index contributed by atoms with van der Waals surface area (Å²) in [6.45, 7) is 3.58. The molecule has 1 aromatic carbocycles. The highest BCUT2D eigenvalue weighted by molar-refractivity contribution is 7.90. The minimum atomic E-state index is -4.07. The van der Waals surface area contributed by atoms with E-state index < -0.39 is 32.1 Å². The Kier molecular flexibility index (Phi) is 5.87. The van der Waals surface area contributed by atoms with Gasteiger partial charge in [-0.25, -0.2) is 21.6 Å². The van der Waals surface area contributed by atoms with Crippen molar-refractivity contribution < 1.29 is 26.7 Å². The first kappa shape index (κ1) is 19.8. The molecule has 25 heavy (non-hydrogen) atoms. The summed E-state index contributed by atoms with van der Waals surface area (Å²) < 4.78 is 53.5. The molecule has 0 radical (unpaired) electrons. The van der Waals surface area contributed by atoms with Crippen molar-refractivity contribution in [1.29, 1.82) is 0 Å². The number of nitrogens with one attached hydrogen (secondary N) is 2. The first-order chi connectivity index (χ1) is 11.5. The number of carboxylic acids is 1. The van der Waals surface area contributed by atoms with Crippen molar-refractivity contribution in [3.05, 3.63) is 24.3 Å². The second kappa shape index (κ2) is 7.40. The smallest absolute Gasteiger partial charge is 0.321 e. The van der Waals surface area contributed by atoms with Gasteiger partial charge in [-0.15, -0.1) is 0 Å². The highest BCUT2D eigenvalue weighted by Crippen LogP contribution is 2.23. The molecule has 3 N–H and O–H groups in total. The molecule has 10 heteroatoms. The number of carbonyl (C=O) groups is 1. The third kappa shape index (κ3) is 5.50. The molecule has 0 saturated heterocycles. The molecule has 1 atom stereocenters. The average molecular weight is 390 g/mol. The van der Waals surface area contributed by atoms with Gasteiger partial charge < -0.3 is 5.11 Å². The summed E-state index contributed by atoms with van der Waals surface area (Å²) in [7, 11) is -7.74. The molecular formula is C15H22N2O6S2. The minimum Gasteiger partial charge on any atom is -0.480 e. The van der Waals surface area contributed by atoms with Gasteiger partial charge in [0.25, 0.3) is 0 Å². The van der Waals surface area contributed by atoms with Gasteiger partial charge in [-0.2, -0.15) is 4.72 Å². The quantitative estimate of drug-likeness (QED) is 0.574. The van der Waals surface area contributed by atoms with Gasteiger partial charge in [-0.3, -0.25) is 4.79 Å². The summed E-state index contributed by atoms with van der Waals surface area (Å²) >= 11 is 0. The zero-order valence-electron chi connectivity index (χ0n) is 14.0. The Labute approximate surface area is 147 Å². The van der Waals surface area contributed by atoms with Crippen LogP contribution >= 0.6 is 0 Å². The summed E-state index contributed by atoms with van der Waals surface area (Å²) in [6, 6.07) is 3.39. The van der Waals surface area contributed by atoms with Crippen molar-refractivity contribution in [2.24, 2.45) is 5.92 Å². The third-order valence-corrected chi connectivity index (χ3v) is 6.67. The highest BCUT2D eigenvalue weighted by Gasteiger charge is 2.29. The first-order valence-corrected chi connectivity index (χ1v) is 10.9. The second-order valence-electron chi connectivity index (χ2n) is 6.51. The van der Waals surface area contributed by atoms with E-state index in [2.05, 4.69) is 9.44 Å². The molecule has 0 aromatic heterocycles. The van der Waals surface area contributed by atoms with Gasteiger partial charge >= 0.3 is 5.97 Å². The maximum Gasteiger partial charge on any atom is 0.321 e. The van der Waals surface area contributed by atoms with Gasteiger partial charge in [0, 0.05) is 6.04 Å². The fraction of sp³-hybridized carbons (Fsp3) is 0.533. The standard InChI is InChI=1S/C15H22N2O6S2/c1-10(2)9-14(15(18)19)17-25(22,23)13-7-5-12(6-8-13)24(20,21)16-11-3-4-11/h5-8,10-11,14,16-17H,3-4,9H2,1-2H3,(H,18,19)/t14-/m0/s1. The lowest BCUT2D eigenvalue weighted by atomic mass is 10.1. The van der Waals surface area contributed by atoms with Gasteiger partial charge in [0.1, 0.15) is 6.04 Å². The number of carboxylic acid groups (broad SMARTS) is 1. The van der Waals surface area contributed by atoms with E-state index in [-0.39, 0.29) is 28.2 Å². The highest BCUT2D eigenvalue weighted by atomic mass is 32.2. The van der Waals surface area contributed by atoms with Crippen LogP contribution in [0.5, 0.6) is 0 Å². The molecule has 1 aromatic rings. The average Bonchev–Trinajstić information content (AvgIpc) is 3.29. The Balaban J connectivity index is 2.17. The molecule has 0 amide bonds. The Morgan fingerprint density at radius 3 is 1.96 bits per heavy atom. The number of rotatable bonds is 9. The van der Waals surface area contributed by atoms with E-state index in [0.29, 0.717) is 0 Å². The van der Waals surface area contributed by atoms with Crippen molar-refractivity contribution in [3.63, 3.8) is 0 Å². The van der Waals surface area contributed by atoms with Crippen LogP contribution < -0.4 is 9.44 Å². The largest absolute Gasteiger partial charge is 0.480 e. The predicted octanol–water partition coefficient (Wildman–Crippen LogP) is 0.905. The zero-order valence-corrected chi connectivity index (χ0v) is 15.6. The Hall–Kier alpha value is -1.49. The Morgan fingerprint density at radius 1 is 1.08 bits per heavy atom. The fourth-order valence-electron chi connectivity index (χ4n) is 2.21.